The minimum atomic E-state index is 0. The van der Waals surface area contributed by atoms with Crippen LogP contribution in [0.25, 0.3) is 0 Å². The van der Waals surface area contributed by atoms with Crippen LogP contribution in [0.1, 0.15) is 53.7 Å². The number of aliphatic hydroxyl groups is 2. The first-order chi connectivity index (χ1) is 10.4. The molecule has 0 spiro atoms. The van der Waals surface area contributed by atoms with Gasteiger partial charge in [-0.2, -0.15) is 0 Å². The zero-order valence-corrected chi connectivity index (χ0v) is 14.4. The second-order valence-electron chi connectivity index (χ2n) is 3.15. The summed E-state index contributed by atoms with van der Waals surface area (Å²) in [4.78, 5) is 0. The Morgan fingerprint density at radius 2 is 0.739 bits per heavy atom. The predicted molar refractivity (Wildman–Crippen MR) is 108 cm³/mol. The lowest BCUT2D eigenvalue weighted by Gasteiger charge is -2.00. The summed E-state index contributed by atoms with van der Waals surface area (Å²) >= 11 is 0. The Morgan fingerprint density at radius 3 is 0.957 bits per heavy atom. The van der Waals surface area contributed by atoms with Gasteiger partial charge in [-0.05, 0) is 17.5 Å². The van der Waals surface area contributed by atoms with E-state index in [0.717, 1.165) is 20.6 Å². The SMILES string of the molecule is C.C.CC.CC.CO.CO.c1ccc(Cc2ccccc2)cc1. The molecule has 0 saturated heterocycles. The largest absolute Gasteiger partial charge is 0.400 e. The lowest BCUT2D eigenvalue weighted by molar-refractivity contribution is 0.399. The van der Waals surface area contributed by atoms with E-state index < -0.39 is 0 Å². The highest BCUT2D eigenvalue weighted by atomic mass is 16.2. The van der Waals surface area contributed by atoms with E-state index in [-0.39, 0.29) is 14.9 Å². The van der Waals surface area contributed by atoms with Crippen LogP contribution in [0.2, 0.25) is 0 Å². The van der Waals surface area contributed by atoms with Crippen molar-refractivity contribution >= 4 is 0 Å². The molecule has 0 radical (unpaired) electrons. The lowest BCUT2D eigenvalue weighted by Crippen LogP contribution is -1.85. The van der Waals surface area contributed by atoms with Crippen molar-refractivity contribution in [2.24, 2.45) is 0 Å². The Hall–Kier alpha value is -1.64. The van der Waals surface area contributed by atoms with Crippen LogP contribution in [0.4, 0.5) is 0 Å². The van der Waals surface area contributed by atoms with Gasteiger partial charge in [-0.3, -0.25) is 0 Å². The summed E-state index contributed by atoms with van der Waals surface area (Å²) in [6.07, 6.45) is 1.03. The maximum absolute atomic E-state index is 7.00. The van der Waals surface area contributed by atoms with Crippen molar-refractivity contribution in [1.29, 1.82) is 0 Å². The van der Waals surface area contributed by atoms with Crippen LogP contribution in [0.3, 0.4) is 0 Å². The van der Waals surface area contributed by atoms with Crippen LogP contribution in [-0.2, 0) is 6.42 Å². The molecule has 2 heteroatoms. The van der Waals surface area contributed by atoms with Crippen molar-refractivity contribution in [2.45, 2.75) is 49.0 Å². The van der Waals surface area contributed by atoms with Gasteiger partial charge in [0, 0.05) is 14.2 Å². The van der Waals surface area contributed by atoms with Gasteiger partial charge in [0.05, 0.1) is 0 Å². The van der Waals surface area contributed by atoms with Gasteiger partial charge in [0.1, 0.15) is 0 Å². The quantitative estimate of drug-likeness (QED) is 0.731. The van der Waals surface area contributed by atoms with Crippen molar-refractivity contribution in [3.05, 3.63) is 71.8 Å². The third-order valence-electron chi connectivity index (χ3n) is 2.09. The van der Waals surface area contributed by atoms with E-state index in [1.807, 2.05) is 27.7 Å². The summed E-state index contributed by atoms with van der Waals surface area (Å²) in [5.41, 5.74) is 2.74. The van der Waals surface area contributed by atoms with Crippen molar-refractivity contribution in [1.82, 2.24) is 0 Å². The fraction of sp³-hybridized carbons (Fsp3) is 0.429. The third-order valence-corrected chi connectivity index (χ3v) is 2.09. The van der Waals surface area contributed by atoms with Crippen LogP contribution in [0.15, 0.2) is 60.7 Å². The minimum absolute atomic E-state index is 0. The fourth-order valence-corrected chi connectivity index (χ4v) is 1.43. The highest BCUT2D eigenvalue weighted by Crippen LogP contribution is 2.07. The van der Waals surface area contributed by atoms with Crippen molar-refractivity contribution in [3.8, 4) is 0 Å². The first-order valence-electron chi connectivity index (χ1n) is 7.42. The van der Waals surface area contributed by atoms with Gasteiger partial charge in [0.2, 0.25) is 0 Å². The molecule has 0 aromatic heterocycles. The zero-order valence-electron chi connectivity index (χ0n) is 14.4. The van der Waals surface area contributed by atoms with Crippen LogP contribution in [-0.4, -0.2) is 24.4 Å². The molecule has 0 aliphatic heterocycles. The Labute approximate surface area is 145 Å². The van der Waals surface area contributed by atoms with Crippen LogP contribution in [0.5, 0.6) is 0 Å². The highest BCUT2D eigenvalue weighted by Gasteiger charge is 1.92. The van der Waals surface area contributed by atoms with Gasteiger partial charge in [-0.15, -0.1) is 0 Å². The van der Waals surface area contributed by atoms with E-state index in [0.29, 0.717) is 0 Å². The topological polar surface area (TPSA) is 40.5 Å². The molecule has 2 nitrogen and oxygen atoms in total. The average Bonchev–Trinajstić information content (AvgIpc) is 2.64. The molecule has 2 rings (SSSR count). The number of hydrogen-bond donors (Lipinski definition) is 2. The Morgan fingerprint density at radius 1 is 0.522 bits per heavy atom. The molecule has 0 aliphatic rings. The predicted octanol–water partition coefficient (Wildman–Crippen LogP) is 5.82. The number of rotatable bonds is 2. The van der Waals surface area contributed by atoms with Gasteiger partial charge in [0.15, 0.2) is 0 Å². The maximum atomic E-state index is 7.00. The maximum Gasteiger partial charge on any atom is 0.0319 e. The van der Waals surface area contributed by atoms with Gasteiger partial charge >= 0.3 is 0 Å². The molecular weight excluding hydrogens is 284 g/mol. The Balaban J connectivity index is -0.0000000954. The van der Waals surface area contributed by atoms with Crippen molar-refractivity contribution in [2.75, 3.05) is 14.2 Å². The molecule has 0 amide bonds. The molecule has 0 fully saturated rings. The number of hydrogen-bond acceptors (Lipinski definition) is 2. The molecule has 23 heavy (non-hydrogen) atoms. The van der Waals surface area contributed by atoms with Gasteiger partial charge < -0.3 is 10.2 Å². The highest BCUT2D eigenvalue weighted by molar-refractivity contribution is 5.25. The number of aliphatic hydroxyl groups excluding tert-OH is 2. The van der Waals surface area contributed by atoms with Crippen molar-refractivity contribution in [3.63, 3.8) is 0 Å². The van der Waals surface area contributed by atoms with E-state index in [4.69, 9.17) is 10.2 Å². The lowest BCUT2D eigenvalue weighted by atomic mass is 10.1. The molecule has 2 N–H and O–H groups in total. The van der Waals surface area contributed by atoms with Gasteiger partial charge in [-0.25, -0.2) is 0 Å². The molecule has 0 unspecified atom stereocenters. The summed E-state index contributed by atoms with van der Waals surface area (Å²) in [5.74, 6) is 0. The smallest absolute Gasteiger partial charge is 0.0319 e. The normalized spacial score (nSPS) is 6.61. The van der Waals surface area contributed by atoms with Crippen molar-refractivity contribution < 1.29 is 10.2 Å². The molecule has 0 heterocycles. The molecule has 136 valence electrons. The van der Waals surface area contributed by atoms with E-state index in [2.05, 4.69) is 60.7 Å². The zero-order chi connectivity index (χ0) is 16.9. The van der Waals surface area contributed by atoms with E-state index in [9.17, 15) is 0 Å². The second kappa shape index (κ2) is 32.3. The molecule has 0 bridgehead atoms. The standard InChI is InChI=1S/C13H12.2C2H6.2CH4O.2CH4/c1-3-7-12(8-4-1)11-13-9-5-2-6-10-13;4*1-2;;/h1-10H,11H2;2*1-2H3;2*2H,1H3;2*1H4. The van der Waals surface area contributed by atoms with Crippen LogP contribution < -0.4 is 0 Å². The third kappa shape index (κ3) is 20.4. The number of benzene rings is 2. The summed E-state index contributed by atoms with van der Waals surface area (Å²) in [7, 11) is 2.00. The molecule has 0 saturated carbocycles. The van der Waals surface area contributed by atoms with E-state index >= 15 is 0 Å². The molecule has 0 aliphatic carbocycles. The summed E-state index contributed by atoms with van der Waals surface area (Å²) in [5, 5.41) is 14.0. The molecule has 2 aromatic rings. The molecule has 0 atom stereocenters. The fourth-order valence-electron chi connectivity index (χ4n) is 1.43. The summed E-state index contributed by atoms with van der Waals surface area (Å²) < 4.78 is 0. The van der Waals surface area contributed by atoms with Crippen LogP contribution in [0, 0.1) is 0 Å². The van der Waals surface area contributed by atoms with E-state index in [1.54, 1.807) is 0 Å². The van der Waals surface area contributed by atoms with Gasteiger partial charge in [-0.1, -0.05) is 103 Å². The summed E-state index contributed by atoms with van der Waals surface area (Å²) in [6.45, 7) is 8.00. The first-order valence-corrected chi connectivity index (χ1v) is 7.42. The minimum Gasteiger partial charge on any atom is -0.400 e. The second-order valence-corrected chi connectivity index (χ2v) is 3.15. The molecular formula is C21H40O2. The molecule has 2 aromatic carbocycles. The first kappa shape index (κ1) is 33.1. The average molecular weight is 325 g/mol. The van der Waals surface area contributed by atoms with E-state index in [1.165, 1.54) is 11.1 Å². The Bertz CT molecular complexity index is 321. The van der Waals surface area contributed by atoms with Gasteiger partial charge in [0.25, 0.3) is 0 Å². The monoisotopic (exact) mass is 324 g/mol. The Kier molecular flexibility index (Phi) is 46.5. The summed E-state index contributed by atoms with van der Waals surface area (Å²) in [6, 6.07) is 21.1. The van der Waals surface area contributed by atoms with Crippen LogP contribution >= 0.6 is 0 Å².